The standard InChI is InChI=1S/C21H26N6O2/c1-3-25-11-7-10-17(25)13-22-20(28)14-26-21(29)19-12-18(16-8-5-4-6-9-16)24-27(19)15(2)23-26/h4-6,8-9,12,17H,3,7,10-11,13-14H2,1-2H3,(H,22,28)/t17-/m0/s1. The van der Waals surface area contributed by atoms with E-state index in [9.17, 15) is 9.59 Å². The van der Waals surface area contributed by atoms with Crippen LogP contribution in [0.3, 0.4) is 0 Å². The second-order valence-electron chi connectivity index (χ2n) is 7.43. The second-order valence-corrected chi connectivity index (χ2v) is 7.43. The van der Waals surface area contributed by atoms with Gasteiger partial charge in [-0.05, 0) is 38.9 Å². The van der Waals surface area contributed by atoms with Crippen LogP contribution >= 0.6 is 0 Å². The van der Waals surface area contributed by atoms with Crippen LogP contribution in [0.15, 0.2) is 41.2 Å². The molecule has 1 N–H and O–H groups in total. The Balaban J connectivity index is 1.52. The molecule has 0 spiro atoms. The van der Waals surface area contributed by atoms with E-state index in [2.05, 4.69) is 27.3 Å². The van der Waals surface area contributed by atoms with Gasteiger partial charge in [0.05, 0.1) is 5.69 Å². The van der Waals surface area contributed by atoms with Gasteiger partial charge in [-0.1, -0.05) is 37.3 Å². The van der Waals surface area contributed by atoms with Crippen LogP contribution in [0.2, 0.25) is 0 Å². The fraction of sp³-hybridized carbons (Fsp3) is 0.429. The monoisotopic (exact) mass is 394 g/mol. The topological polar surface area (TPSA) is 84.5 Å². The Morgan fingerprint density at radius 2 is 2.03 bits per heavy atom. The van der Waals surface area contributed by atoms with Crippen molar-refractivity contribution in [1.82, 2.24) is 29.6 Å². The van der Waals surface area contributed by atoms with Crippen LogP contribution in [0, 0.1) is 6.92 Å². The van der Waals surface area contributed by atoms with E-state index in [-0.39, 0.29) is 18.0 Å². The molecule has 1 aliphatic rings. The molecule has 1 saturated heterocycles. The van der Waals surface area contributed by atoms with E-state index in [4.69, 9.17) is 0 Å². The molecule has 0 unspecified atom stereocenters. The summed E-state index contributed by atoms with van der Waals surface area (Å²) in [6.45, 7) is 6.49. The molecule has 8 heteroatoms. The minimum absolute atomic E-state index is 0.0964. The van der Waals surface area contributed by atoms with Gasteiger partial charge >= 0.3 is 0 Å². The van der Waals surface area contributed by atoms with E-state index in [0.29, 0.717) is 29.6 Å². The highest BCUT2D eigenvalue weighted by Crippen LogP contribution is 2.18. The van der Waals surface area contributed by atoms with Crippen molar-refractivity contribution in [3.63, 3.8) is 0 Å². The maximum atomic E-state index is 12.9. The van der Waals surface area contributed by atoms with Crippen LogP contribution in [0.25, 0.3) is 16.8 Å². The van der Waals surface area contributed by atoms with E-state index in [0.717, 1.165) is 31.5 Å². The van der Waals surface area contributed by atoms with Gasteiger partial charge in [-0.25, -0.2) is 9.20 Å². The summed E-state index contributed by atoms with van der Waals surface area (Å²) in [4.78, 5) is 27.7. The lowest BCUT2D eigenvalue weighted by molar-refractivity contribution is -0.122. The van der Waals surface area contributed by atoms with Crippen LogP contribution in [0.5, 0.6) is 0 Å². The van der Waals surface area contributed by atoms with E-state index < -0.39 is 0 Å². The summed E-state index contributed by atoms with van der Waals surface area (Å²) in [6.07, 6.45) is 2.26. The molecule has 29 heavy (non-hydrogen) atoms. The maximum Gasteiger partial charge on any atom is 0.293 e. The summed E-state index contributed by atoms with van der Waals surface area (Å²) in [6, 6.07) is 11.8. The number of nitrogens with one attached hydrogen (secondary N) is 1. The molecule has 0 saturated carbocycles. The normalized spacial score (nSPS) is 17.1. The zero-order valence-electron chi connectivity index (χ0n) is 16.8. The number of hydrogen-bond donors (Lipinski definition) is 1. The second kappa shape index (κ2) is 8.16. The van der Waals surface area contributed by atoms with Crippen molar-refractivity contribution >= 4 is 11.4 Å². The number of fused-ring (bicyclic) bond motifs is 1. The number of benzene rings is 1. The summed E-state index contributed by atoms with van der Waals surface area (Å²) in [5.41, 5.74) is 1.72. The molecule has 0 aliphatic carbocycles. The van der Waals surface area contributed by atoms with Crippen LogP contribution < -0.4 is 10.9 Å². The molecule has 4 rings (SSSR count). The summed E-state index contributed by atoms with van der Waals surface area (Å²) in [7, 11) is 0. The molecule has 1 fully saturated rings. The van der Waals surface area contributed by atoms with Gasteiger partial charge in [0.1, 0.15) is 17.9 Å². The van der Waals surface area contributed by atoms with Gasteiger partial charge in [0.25, 0.3) is 5.56 Å². The Hall–Kier alpha value is -3.00. The first-order valence-corrected chi connectivity index (χ1v) is 10.1. The molecule has 2 aromatic heterocycles. The number of likely N-dealkylation sites (tertiary alicyclic amines) is 1. The van der Waals surface area contributed by atoms with Crippen LogP contribution in [-0.4, -0.2) is 55.9 Å². The Kier molecular flexibility index (Phi) is 5.44. The predicted octanol–water partition coefficient (Wildman–Crippen LogP) is 1.47. The van der Waals surface area contributed by atoms with Gasteiger partial charge in [-0.2, -0.15) is 10.2 Å². The smallest absolute Gasteiger partial charge is 0.293 e. The Labute approximate surface area is 169 Å². The highest BCUT2D eigenvalue weighted by Gasteiger charge is 2.23. The molecule has 152 valence electrons. The molecule has 1 aliphatic heterocycles. The number of hydrogen-bond acceptors (Lipinski definition) is 5. The molecule has 8 nitrogen and oxygen atoms in total. The quantitative estimate of drug-likeness (QED) is 0.684. The van der Waals surface area contributed by atoms with Gasteiger partial charge in [0, 0.05) is 18.2 Å². The van der Waals surface area contributed by atoms with Crippen molar-refractivity contribution in [3.05, 3.63) is 52.6 Å². The number of likely N-dealkylation sites (N-methyl/N-ethyl adjacent to an activating group) is 1. The fourth-order valence-electron chi connectivity index (χ4n) is 4.00. The van der Waals surface area contributed by atoms with Crippen molar-refractivity contribution < 1.29 is 4.79 Å². The minimum Gasteiger partial charge on any atom is -0.353 e. The Bertz CT molecular complexity index is 1070. The number of aromatic nitrogens is 4. The van der Waals surface area contributed by atoms with Crippen molar-refractivity contribution in [1.29, 1.82) is 0 Å². The van der Waals surface area contributed by atoms with Gasteiger partial charge in [0.15, 0.2) is 0 Å². The summed E-state index contributed by atoms with van der Waals surface area (Å²) in [5, 5.41) is 11.8. The Morgan fingerprint density at radius 1 is 1.24 bits per heavy atom. The third-order valence-corrected chi connectivity index (χ3v) is 5.54. The fourth-order valence-corrected chi connectivity index (χ4v) is 4.00. The molecule has 3 heterocycles. The van der Waals surface area contributed by atoms with E-state index in [1.807, 2.05) is 30.3 Å². The van der Waals surface area contributed by atoms with Crippen LogP contribution in [0.1, 0.15) is 25.6 Å². The lowest BCUT2D eigenvalue weighted by atomic mass is 10.1. The van der Waals surface area contributed by atoms with Crippen LogP contribution in [-0.2, 0) is 11.3 Å². The largest absolute Gasteiger partial charge is 0.353 e. The number of aryl methyl sites for hydroxylation is 1. The first kappa shape index (κ1) is 19.3. The highest BCUT2D eigenvalue weighted by molar-refractivity contribution is 5.75. The average Bonchev–Trinajstić information content (AvgIpc) is 3.38. The van der Waals surface area contributed by atoms with E-state index in [1.165, 1.54) is 9.20 Å². The number of rotatable bonds is 6. The van der Waals surface area contributed by atoms with Crippen molar-refractivity contribution in [2.24, 2.45) is 0 Å². The van der Waals surface area contributed by atoms with E-state index >= 15 is 0 Å². The number of carbonyl (C=O) groups excluding carboxylic acids is 1. The van der Waals surface area contributed by atoms with Crippen molar-refractivity contribution in [3.8, 4) is 11.3 Å². The van der Waals surface area contributed by atoms with E-state index in [1.54, 1.807) is 13.0 Å². The molecule has 1 aromatic carbocycles. The van der Waals surface area contributed by atoms with Crippen molar-refractivity contribution in [2.75, 3.05) is 19.6 Å². The first-order chi connectivity index (χ1) is 14.1. The first-order valence-electron chi connectivity index (χ1n) is 10.1. The lowest BCUT2D eigenvalue weighted by Gasteiger charge is -2.22. The average molecular weight is 394 g/mol. The third kappa shape index (κ3) is 3.93. The number of carbonyl (C=O) groups is 1. The predicted molar refractivity (Wildman–Crippen MR) is 111 cm³/mol. The van der Waals surface area contributed by atoms with Gasteiger partial charge in [-0.3, -0.25) is 14.5 Å². The number of nitrogens with zero attached hydrogens (tertiary/aromatic N) is 5. The summed E-state index contributed by atoms with van der Waals surface area (Å²) >= 11 is 0. The van der Waals surface area contributed by atoms with Crippen molar-refractivity contribution in [2.45, 2.75) is 39.3 Å². The maximum absolute atomic E-state index is 12.9. The summed E-state index contributed by atoms with van der Waals surface area (Å²) < 4.78 is 2.76. The highest BCUT2D eigenvalue weighted by atomic mass is 16.2. The zero-order valence-corrected chi connectivity index (χ0v) is 16.8. The minimum atomic E-state index is -0.323. The Morgan fingerprint density at radius 3 is 2.79 bits per heavy atom. The van der Waals surface area contributed by atoms with Gasteiger partial charge in [0.2, 0.25) is 5.91 Å². The lowest BCUT2D eigenvalue weighted by Crippen LogP contribution is -2.42. The molecule has 3 aromatic rings. The molecular formula is C21H26N6O2. The van der Waals surface area contributed by atoms with Gasteiger partial charge in [-0.15, -0.1) is 0 Å². The molecule has 0 bridgehead atoms. The molecule has 0 radical (unpaired) electrons. The zero-order chi connectivity index (χ0) is 20.4. The molecule has 1 amide bonds. The van der Waals surface area contributed by atoms with Gasteiger partial charge < -0.3 is 5.32 Å². The van der Waals surface area contributed by atoms with Crippen LogP contribution in [0.4, 0.5) is 0 Å². The molecular weight excluding hydrogens is 368 g/mol. The molecule has 1 atom stereocenters. The SMILES string of the molecule is CCN1CCC[C@H]1CNC(=O)Cn1nc(C)n2nc(-c3ccccc3)cc2c1=O. The summed E-state index contributed by atoms with van der Waals surface area (Å²) in [5.74, 6) is 0.358. The number of amides is 1. The third-order valence-electron chi connectivity index (χ3n) is 5.54.